The maximum Gasteiger partial charge on any atom is 0.196 e. The predicted octanol–water partition coefficient (Wildman–Crippen LogP) is 4.86. The van der Waals surface area contributed by atoms with E-state index in [2.05, 4.69) is 36.8 Å². The molecule has 1 atom stereocenters. The van der Waals surface area contributed by atoms with Crippen molar-refractivity contribution in [2.45, 2.75) is 11.2 Å². The first-order chi connectivity index (χ1) is 8.74. The Bertz CT molecular complexity index is 641. The minimum absolute atomic E-state index is 0.110. The van der Waals surface area contributed by atoms with E-state index in [0.717, 1.165) is 21.3 Å². The molecule has 0 saturated heterocycles. The van der Waals surface area contributed by atoms with Crippen molar-refractivity contribution in [1.29, 1.82) is 0 Å². The van der Waals surface area contributed by atoms with Crippen LogP contribution in [-0.2, 0) is 6.42 Å². The van der Waals surface area contributed by atoms with Gasteiger partial charge in [-0.1, -0.05) is 28.1 Å². The van der Waals surface area contributed by atoms with Crippen molar-refractivity contribution in [3.05, 3.63) is 52.7 Å². The van der Waals surface area contributed by atoms with Crippen LogP contribution in [0.1, 0.15) is 16.3 Å². The average molecular weight is 371 g/mol. The van der Waals surface area contributed by atoms with E-state index in [-0.39, 0.29) is 4.83 Å². The molecule has 0 radical (unpaired) electrons. The van der Waals surface area contributed by atoms with Gasteiger partial charge in [-0.05, 0) is 34.1 Å². The zero-order valence-electron chi connectivity index (χ0n) is 9.27. The summed E-state index contributed by atoms with van der Waals surface area (Å²) >= 11 is 6.99. The van der Waals surface area contributed by atoms with Crippen LogP contribution in [-0.4, -0.2) is 4.98 Å². The van der Waals surface area contributed by atoms with Gasteiger partial charge >= 0.3 is 0 Å². The van der Waals surface area contributed by atoms with Crippen LogP contribution in [0.25, 0.3) is 11.1 Å². The molecule has 2 aromatic heterocycles. The maximum atomic E-state index is 5.69. The molecular weight excluding hydrogens is 362 g/mol. The van der Waals surface area contributed by atoms with Crippen molar-refractivity contribution in [3.8, 4) is 0 Å². The third-order valence-electron chi connectivity index (χ3n) is 2.68. The molecule has 3 nitrogen and oxygen atoms in total. The van der Waals surface area contributed by atoms with Crippen LogP contribution in [0.2, 0.25) is 0 Å². The Kier molecular flexibility index (Phi) is 3.26. The molecule has 0 aliphatic heterocycles. The van der Waals surface area contributed by atoms with E-state index in [1.54, 1.807) is 6.26 Å². The summed E-state index contributed by atoms with van der Waals surface area (Å²) in [5.41, 5.74) is 2.76. The molecule has 2 heterocycles. The second-order valence-electron chi connectivity index (χ2n) is 3.90. The van der Waals surface area contributed by atoms with Gasteiger partial charge in [0.1, 0.15) is 5.52 Å². The van der Waals surface area contributed by atoms with Gasteiger partial charge in [0, 0.05) is 12.0 Å². The lowest BCUT2D eigenvalue weighted by Gasteiger charge is -2.04. The zero-order chi connectivity index (χ0) is 12.5. The van der Waals surface area contributed by atoms with E-state index >= 15 is 0 Å². The molecule has 18 heavy (non-hydrogen) atoms. The molecule has 5 heteroatoms. The standard InChI is InChI=1S/C13H9Br2NO2/c14-9(8-5-6-17-13(8)15)7-12-16-10-3-1-2-4-11(10)18-12/h1-6,9H,7H2. The van der Waals surface area contributed by atoms with Gasteiger partial charge in [0.2, 0.25) is 0 Å². The largest absolute Gasteiger partial charge is 0.457 e. The number of halogens is 2. The molecule has 0 spiro atoms. The molecule has 0 fully saturated rings. The van der Waals surface area contributed by atoms with Gasteiger partial charge in [-0.2, -0.15) is 0 Å². The van der Waals surface area contributed by atoms with Crippen molar-refractivity contribution in [1.82, 2.24) is 4.98 Å². The third-order valence-corrected chi connectivity index (χ3v) is 4.14. The summed E-state index contributed by atoms with van der Waals surface area (Å²) in [6, 6.07) is 9.68. The lowest BCUT2D eigenvalue weighted by atomic mass is 10.2. The lowest BCUT2D eigenvalue weighted by Crippen LogP contribution is -1.94. The van der Waals surface area contributed by atoms with Gasteiger partial charge < -0.3 is 8.83 Å². The summed E-state index contributed by atoms with van der Waals surface area (Å²) in [5, 5.41) is 0. The van der Waals surface area contributed by atoms with E-state index in [0.29, 0.717) is 12.3 Å². The van der Waals surface area contributed by atoms with Gasteiger partial charge in [0.25, 0.3) is 0 Å². The molecule has 0 aliphatic rings. The van der Waals surface area contributed by atoms with Gasteiger partial charge in [-0.25, -0.2) is 4.98 Å². The normalized spacial score (nSPS) is 13.0. The number of alkyl halides is 1. The van der Waals surface area contributed by atoms with Crippen LogP contribution < -0.4 is 0 Å². The molecule has 0 saturated carbocycles. The van der Waals surface area contributed by atoms with Crippen molar-refractivity contribution >= 4 is 43.0 Å². The summed E-state index contributed by atoms with van der Waals surface area (Å²) in [6.07, 6.45) is 2.33. The Hall–Kier alpha value is -1.07. The summed E-state index contributed by atoms with van der Waals surface area (Å²) in [5.74, 6) is 0.714. The number of rotatable bonds is 3. The molecule has 1 aromatic carbocycles. The van der Waals surface area contributed by atoms with Crippen molar-refractivity contribution in [3.63, 3.8) is 0 Å². The fourth-order valence-corrected chi connectivity index (χ4v) is 3.26. The van der Waals surface area contributed by atoms with Crippen LogP contribution >= 0.6 is 31.9 Å². The van der Waals surface area contributed by atoms with Crippen molar-refractivity contribution < 1.29 is 8.83 Å². The van der Waals surface area contributed by atoms with Gasteiger partial charge in [-0.15, -0.1) is 0 Å². The van der Waals surface area contributed by atoms with E-state index < -0.39 is 0 Å². The van der Waals surface area contributed by atoms with Crippen LogP contribution in [0, 0.1) is 0 Å². The summed E-state index contributed by atoms with van der Waals surface area (Å²) < 4.78 is 11.6. The lowest BCUT2D eigenvalue weighted by molar-refractivity contribution is 0.519. The molecular formula is C13H9Br2NO2. The molecule has 0 amide bonds. The van der Waals surface area contributed by atoms with Gasteiger partial charge in [0.15, 0.2) is 16.1 Å². The first-order valence-corrected chi connectivity index (χ1v) is 7.16. The van der Waals surface area contributed by atoms with E-state index in [9.17, 15) is 0 Å². The van der Waals surface area contributed by atoms with Crippen LogP contribution in [0.15, 0.2) is 50.1 Å². The molecule has 3 rings (SSSR count). The predicted molar refractivity (Wildman–Crippen MR) is 75.8 cm³/mol. The second kappa shape index (κ2) is 4.90. The highest BCUT2D eigenvalue weighted by atomic mass is 79.9. The first kappa shape index (κ1) is 12.0. The second-order valence-corrected chi connectivity index (χ2v) is 5.72. The van der Waals surface area contributed by atoms with E-state index in [1.807, 2.05) is 30.3 Å². The number of oxazole rings is 1. The third kappa shape index (κ3) is 2.24. The number of furan rings is 1. The topological polar surface area (TPSA) is 39.2 Å². The minimum Gasteiger partial charge on any atom is -0.457 e. The van der Waals surface area contributed by atoms with Crippen molar-refractivity contribution in [2.75, 3.05) is 0 Å². The summed E-state index contributed by atoms with van der Waals surface area (Å²) in [4.78, 5) is 4.56. The molecule has 0 bridgehead atoms. The Labute approximate surface area is 120 Å². The summed E-state index contributed by atoms with van der Waals surface area (Å²) in [6.45, 7) is 0. The zero-order valence-corrected chi connectivity index (χ0v) is 12.4. The molecule has 0 N–H and O–H groups in total. The van der Waals surface area contributed by atoms with Crippen LogP contribution in [0.5, 0.6) is 0 Å². The highest BCUT2D eigenvalue weighted by Crippen LogP contribution is 2.33. The Morgan fingerprint density at radius 3 is 2.78 bits per heavy atom. The van der Waals surface area contributed by atoms with E-state index in [1.165, 1.54) is 0 Å². The fraction of sp³-hybridized carbons (Fsp3) is 0.154. The number of benzene rings is 1. The molecule has 3 aromatic rings. The molecule has 0 aliphatic carbocycles. The van der Waals surface area contributed by atoms with Crippen molar-refractivity contribution in [2.24, 2.45) is 0 Å². The van der Waals surface area contributed by atoms with Gasteiger partial charge in [0.05, 0.1) is 11.1 Å². The Morgan fingerprint density at radius 2 is 2.06 bits per heavy atom. The molecule has 92 valence electrons. The summed E-state index contributed by atoms with van der Waals surface area (Å²) in [7, 11) is 0. The number of nitrogens with zero attached hydrogens (tertiary/aromatic N) is 1. The van der Waals surface area contributed by atoms with Gasteiger partial charge in [-0.3, -0.25) is 0 Å². The smallest absolute Gasteiger partial charge is 0.196 e. The number of para-hydroxylation sites is 2. The Morgan fingerprint density at radius 1 is 1.22 bits per heavy atom. The maximum absolute atomic E-state index is 5.69. The number of aromatic nitrogens is 1. The monoisotopic (exact) mass is 369 g/mol. The number of fused-ring (bicyclic) bond motifs is 1. The number of hydrogen-bond acceptors (Lipinski definition) is 3. The minimum atomic E-state index is 0.110. The quantitative estimate of drug-likeness (QED) is 0.618. The SMILES string of the molecule is Brc1occc1C(Br)Cc1nc2ccccc2o1. The molecule has 1 unspecified atom stereocenters. The average Bonchev–Trinajstić information content (AvgIpc) is 2.94. The highest BCUT2D eigenvalue weighted by molar-refractivity contribution is 9.10. The van der Waals surface area contributed by atoms with Crippen LogP contribution in [0.4, 0.5) is 0 Å². The Balaban J connectivity index is 1.86. The number of hydrogen-bond donors (Lipinski definition) is 0. The fourth-order valence-electron chi connectivity index (χ4n) is 1.80. The highest BCUT2D eigenvalue weighted by Gasteiger charge is 2.17. The first-order valence-electron chi connectivity index (χ1n) is 5.45. The van der Waals surface area contributed by atoms with E-state index in [4.69, 9.17) is 8.83 Å². The van der Waals surface area contributed by atoms with Crippen LogP contribution in [0.3, 0.4) is 0 Å².